The molecule has 2 N–H and O–H groups in total. The molecule has 21 heavy (non-hydrogen) atoms. The molecule has 0 radical (unpaired) electrons. The lowest BCUT2D eigenvalue weighted by atomic mass is 10.0. The van der Waals surface area contributed by atoms with Gasteiger partial charge in [-0.25, -0.2) is 0 Å². The summed E-state index contributed by atoms with van der Waals surface area (Å²) in [6, 6.07) is 14.4. The van der Waals surface area contributed by atoms with Crippen molar-refractivity contribution in [1.29, 1.82) is 0 Å². The van der Waals surface area contributed by atoms with Crippen LogP contribution in [0, 0.1) is 0 Å². The molecule has 110 valence electrons. The summed E-state index contributed by atoms with van der Waals surface area (Å²) in [4.78, 5) is 0. The molecule has 2 heteroatoms. The van der Waals surface area contributed by atoms with Gasteiger partial charge in [-0.2, -0.15) is 0 Å². The van der Waals surface area contributed by atoms with Gasteiger partial charge in [-0.15, -0.1) is 0 Å². The summed E-state index contributed by atoms with van der Waals surface area (Å²) in [5, 5.41) is 16.1. The molecule has 0 fully saturated rings. The van der Waals surface area contributed by atoms with Crippen molar-refractivity contribution >= 4 is 10.8 Å². The summed E-state index contributed by atoms with van der Waals surface area (Å²) >= 11 is 0. The Morgan fingerprint density at radius 3 is 2.76 bits per heavy atom. The topological polar surface area (TPSA) is 32.3 Å². The van der Waals surface area contributed by atoms with Gasteiger partial charge < -0.3 is 10.4 Å². The van der Waals surface area contributed by atoms with Crippen LogP contribution in [0.2, 0.25) is 0 Å². The van der Waals surface area contributed by atoms with E-state index in [4.69, 9.17) is 0 Å². The fourth-order valence-electron chi connectivity index (χ4n) is 2.99. The summed E-state index contributed by atoms with van der Waals surface area (Å²) < 4.78 is 0. The van der Waals surface area contributed by atoms with E-state index >= 15 is 0 Å². The van der Waals surface area contributed by atoms with Gasteiger partial charge in [0.25, 0.3) is 0 Å². The zero-order valence-corrected chi connectivity index (χ0v) is 12.4. The first-order valence-corrected chi connectivity index (χ1v) is 7.88. The highest BCUT2D eigenvalue weighted by atomic mass is 16.3. The van der Waals surface area contributed by atoms with Crippen LogP contribution in [0.4, 0.5) is 0 Å². The van der Waals surface area contributed by atoms with Gasteiger partial charge in [-0.1, -0.05) is 48.0 Å². The predicted octanol–water partition coefficient (Wildman–Crippen LogP) is 3.96. The van der Waals surface area contributed by atoms with Crippen molar-refractivity contribution in [2.75, 3.05) is 13.1 Å². The first-order valence-electron chi connectivity index (χ1n) is 7.88. The van der Waals surface area contributed by atoms with Crippen molar-refractivity contribution in [1.82, 2.24) is 5.32 Å². The number of hydrogen-bond donors (Lipinski definition) is 2. The number of aliphatic hydroxyl groups is 1. The summed E-state index contributed by atoms with van der Waals surface area (Å²) in [6.45, 7) is 1.57. The molecule has 1 atom stereocenters. The Bertz CT molecular complexity index is 632. The van der Waals surface area contributed by atoms with Crippen LogP contribution < -0.4 is 5.32 Å². The van der Waals surface area contributed by atoms with E-state index in [0.717, 1.165) is 18.5 Å². The molecule has 1 aliphatic rings. The van der Waals surface area contributed by atoms with Crippen molar-refractivity contribution in [3.05, 3.63) is 59.7 Å². The van der Waals surface area contributed by atoms with Crippen molar-refractivity contribution in [3.63, 3.8) is 0 Å². The monoisotopic (exact) mass is 281 g/mol. The van der Waals surface area contributed by atoms with Crippen LogP contribution in [0.5, 0.6) is 0 Å². The molecule has 0 aliphatic heterocycles. The van der Waals surface area contributed by atoms with Crippen molar-refractivity contribution in [2.45, 2.75) is 31.8 Å². The van der Waals surface area contributed by atoms with E-state index in [2.05, 4.69) is 35.7 Å². The third-order valence-electron chi connectivity index (χ3n) is 4.25. The lowest BCUT2D eigenvalue weighted by Crippen LogP contribution is -2.22. The van der Waals surface area contributed by atoms with Crippen LogP contribution in [0.3, 0.4) is 0 Å². The van der Waals surface area contributed by atoms with Crippen LogP contribution in [0.1, 0.15) is 37.4 Å². The second-order valence-corrected chi connectivity index (χ2v) is 5.83. The number of fused-ring (bicyclic) bond motifs is 1. The normalized spacial score (nSPS) is 16.1. The van der Waals surface area contributed by atoms with Gasteiger partial charge in [0.15, 0.2) is 0 Å². The average molecular weight is 281 g/mol. The number of benzene rings is 2. The van der Waals surface area contributed by atoms with Crippen molar-refractivity contribution < 1.29 is 5.11 Å². The molecule has 0 amide bonds. The molecule has 0 spiro atoms. The van der Waals surface area contributed by atoms with Gasteiger partial charge in [-0.05, 0) is 54.6 Å². The Morgan fingerprint density at radius 1 is 1.10 bits per heavy atom. The lowest BCUT2D eigenvalue weighted by Gasteiger charge is -2.13. The van der Waals surface area contributed by atoms with E-state index < -0.39 is 6.10 Å². The molecule has 3 rings (SSSR count). The Morgan fingerprint density at radius 2 is 1.95 bits per heavy atom. The van der Waals surface area contributed by atoms with E-state index in [1.54, 1.807) is 5.57 Å². The smallest absolute Gasteiger partial charge is 0.0914 e. The van der Waals surface area contributed by atoms with Crippen LogP contribution >= 0.6 is 0 Å². The standard InChI is InChI=1S/C19H23NO/c21-19(14-20-12-11-15-5-1-2-6-15)18-10-9-16-7-3-4-8-17(16)13-18/h3-5,7-10,13,19-21H,1-2,6,11-12,14H2. The van der Waals surface area contributed by atoms with E-state index in [9.17, 15) is 5.11 Å². The first-order chi connectivity index (χ1) is 10.3. The third-order valence-corrected chi connectivity index (χ3v) is 4.25. The third kappa shape index (κ3) is 3.72. The van der Waals surface area contributed by atoms with Gasteiger partial charge in [0, 0.05) is 6.54 Å². The summed E-state index contributed by atoms with van der Waals surface area (Å²) in [5.74, 6) is 0. The number of rotatable bonds is 6. The van der Waals surface area contributed by atoms with Crippen LogP contribution in [-0.4, -0.2) is 18.2 Å². The Hall–Kier alpha value is -1.64. The molecule has 2 aromatic carbocycles. The highest BCUT2D eigenvalue weighted by molar-refractivity contribution is 5.83. The molecule has 0 saturated carbocycles. The highest BCUT2D eigenvalue weighted by Gasteiger charge is 2.08. The van der Waals surface area contributed by atoms with Gasteiger partial charge in [-0.3, -0.25) is 0 Å². The molecular formula is C19H23NO. The molecule has 0 aromatic heterocycles. The minimum absolute atomic E-state index is 0.438. The summed E-state index contributed by atoms with van der Waals surface area (Å²) in [7, 11) is 0. The maximum Gasteiger partial charge on any atom is 0.0914 e. The SMILES string of the molecule is OC(CNCCC1=CCCC1)c1ccc2ccccc2c1. The lowest BCUT2D eigenvalue weighted by molar-refractivity contribution is 0.175. The second kappa shape index (κ2) is 6.88. The van der Waals surface area contributed by atoms with Gasteiger partial charge in [0.1, 0.15) is 0 Å². The Balaban J connectivity index is 1.52. The molecule has 2 nitrogen and oxygen atoms in total. The number of aliphatic hydroxyl groups excluding tert-OH is 1. The van der Waals surface area contributed by atoms with E-state index in [0.29, 0.717) is 6.54 Å². The number of hydrogen-bond acceptors (Lipinski definition) is 2. The van der Waals surface area contributed by atoms with E-state index in [1.807, 2.05) is 18.2 Å². The first kappa shape index (κ1) is 14.3. The van der Waals surface area contributed by atoms with Gasteiger partial charge in [0.2, 0.25) is 0 Å². The minimum Gasteiger partial charge on any atom is -0.387 e. The molecule has 1 unspecified atom stereocenters. The fourth-order valence-corrected chi connectivity index (χ4v) is 2.99. The predicted molar refractivity (Wildman–Crippen MR) is 88.3 cm³/mol. The Labute approximate surface area is 126 Å². The molecule has 2 aromatic rings. The van der Waals surface area contributed by atoms with Crippen molar-refractivity contribution in [3.8, 4) is 0 Å². The average Bonchev–Trinajstić information content (AvgIpc) is 3.04. The Kier molecular flexibility index (Phi) is 4.69. The van der Waals surface area contributed by atoms with Gasteiger partial charge >= 0.3 is 0 Å². The van der Waals surface area contributed by atoms with E-state index in [1.165, 1.54) is 30.0 Å². The molecule has 0 saturated heterocycles. The van der Waals surface area contributed by atoms with Crippen LogP contribution in [0.15, 0.2) is 54.1 Å². The number of allylic oxidation sites excluding steroid dienone is 1. The molecular weight excluding hydrogens is 258 g/mol. The maximum absolute atomic E-state index is 10.3. The maximum atomic E-state index is 10.3. The fraction of sp³-hybridized carbons (Fsp3) is 0.368. The largest absolute Gasteiger partial charge is 0.387 e. The van der Waals surface area contributed by atoms with Crippen LogP contribution in [-0.2, 0) is 0 Å². The molecule has 0 bridgehead atoms. The zero-order valence-electron chi connectivity index (χ0n) is 12.4. The second-order valence-electron chi connectivity index (χ2n) is 5.83. The highest BCUT2D eigenvalue weighted by Crippen LogP contribution is 2.21. The minimum atomic E-state index is -0.438. The summed E-state index contributed by atoms with van der Waals surface area (Å²) in [6.07, 6.45) is 6.86. The number of nitrogens with one attached hydrogen (secondary N) is 1. The molecule has 1 aliphatic carbocycles. The van der Waals surface area contributed by atoms with Gasteiger partial charge in [0.05, 0.1) is 6.10 Å². The summed E-state index contributed by atoms with van der Waals surface area (Å²) in [5.41, 5.74) is 2.56. The quantitative estimate of drug-likeness (QED) is 0.620. The molecule has 0 heterocycles. The van der Waals surface area contributed by atoms with E-state index in [-0.39, 0.29) is 0 Å². The van der Waals surface area contributed by atoms with Crippen LogP contribution in [0.25, 0.3) is 10.8 Å². The van der Waals surface area contributed by atoms with Crippen molar-refractivity contribution in [2.24, 2.45) is 0 Å². The zero-order chi connectivity index (χ0) is 14.5.